The Morgan fingerprint density at radius 2 is 2.07 bits per heavy atom. The van der Waals surface area contributed by atoms with Gasteiger partial charge >= 0.3 is 6.18 Å². The van der Waals surface area contributed by atoms with Crippen LogP contribution in [0.4, 0.5) is 13.2 Å². The van der Waals surface area contributed by atoms with Gasteiger partial charge in [0.25, 0.3) is 0 Å². The van der Waals surface area contributed by atoms with E-state index in [1.165, 1.54) is 6.08 Å². The molecule has 0 bridgehead atoms. The quantitative estimate of drug-likeness (QED) is 0.573. The molecule has 0 aromatic rings. The summed E-state index contributed by atoms with van der Waals surface area (Å²) < 4.78 is 35.4. The Labute approximate surface area is 85.6 Å². The highest BCUT2D eigenvalue weighted by molar-refractivity contribution is 6.29. The second-order valence-electron chi connectivity index (χ2n) is 2.38. The molecule has 0 unspecified atom stereocenters. The van der Waals surface area contributed by atoms with Gasteiger partial charge in [-0.25, -0.2) is 0 Å². The van der Waals surface area contributed by atoms with E-state index >= 15 is 0 Å². The van der Waals surface area contributed by atoms with Crippen LogP contribution >= 0.6 is 11.6 Å². The predicted octanol–water partition coefficient (Wildman–Crippen LogP) is 2.80. The van der Waals surface area contributed by atoms with Crippen LogP contribution < -0.4 is 5.32 Å². The van der Waals surface area contributed by atoms with Crippen LogP contribution in [-0.4, -0.2) is 13.2 Å². The molecule has 0 aliphatic heterocycles. The average molecular weight is 224 g/mol. The highest BCUT2D eigenvalue weighted by atomic mass is 35.5. The second kappa shape index (κ2) is 5.61. The van der Waals surface area contributed by atoms with Gasteiger partial charge in [0.15, 0.2) is 0 Å². The summed E-state index contributed by atoms with van der Waals surface area (Å²) in [5.41, 5.74) is 0.366. The average Bonchev–Trinajstić information content (AvgIpc) is 2.03. The number of hydrogen-bond acceptors (Lipinski definition) is 1. The topological polar surface area (TPSA) is 12.0 Å². The molecule has 0 fully saturated rings. The summed E-state index contributed by atoms with van der Waals surface area (Å²) in [7, 11) is 1.57. The van der Waals surface area contributed by atoms with Gasteiger partial charge in [0.05, 0.1) is 12.1 Å². The van der Waals surface area contributed by atoms with E-state index < -0.39 is 12.6 Å². The monoisotopic (exact) mass is 223 g/mol. The molecule has 0 spiro atoms. The summed E-state index contributed by atoms with van der Waals surface area (Å²) >= 11 is 5.32. The summed E-state index contributed by atoms with van der Waals surface area (Å²) in [6.07, 6.45) is 2.02. The van der Waals surface area contributed by atoms with Crippen molar-refractivity contribution in [2.45, 2.75) is 12.6 Å². The standard InChI is InChI=1S/C9H9ClF3N/c1-3-8(14-2)5-4-7(10)6-9(11,12)13/h1,4-5,14H,6H2,2H3/b7-4+,8-5+. The highest BCUT2D eigenvalue weighted by Gasteiger charge is 2.27. The van der Waals surface area contributed by atoms with Crippen molar-refractivity contribution in [3.05, 3.63) is 22.9 Å². The van der Waals surface area contributed by atoms with Gasteiger partial charge in [0.1, 0.15) is 0 Å². The van der Waals surface area contributed by atoms with Gasteiger partial charge in [0.2, 0.25) is 0 Å². The van der Waals surface area contributed by atoms with Crippen LogP contribution in [0.15, 0.2) is 22.9 Å². The van der Waals surface area contributed by atoms with Crippen LogP contribution in [0.3, 0.4) is 0 Å². The van der Waals surface area contributed by atoms with Crippen molar-refractivity contribution >= 4 is 11.6 Å². The first-order valence-electron chi connectivity index (χ1n) is 3.66. The van der Waals surface area contributed by atoms with Crippen molar-refractivity contribution in [3.8, 4) is 12.3 Å². The lowest BCUT2D eigenvalue weighted by Gasteiger charge is -2.03. The van der Waals surface area contributed by atoms with E-state index in [9.17, 15) is 13.2 Å². The van der Waals surface area contributed by atoms with Gasteiger partial charge in [-0.15, -0.1) is 6.42 Å². The molecule has 0 aliphatic rings. The lowest BCUT2D eigenvalue weighted by atomic mass is 10.3. The highest BCUT2D eigenvalue weighted by Crippen LogP contribution is 2.26. The number of allylic oxidation sites excluding steroid dienone is 4. The van der Waals surface area contributed by atoms with E-state index in [1.807, 2.05) is 0 Å². The summed E-state index contributed by atoms with van der Waals surface area (Å²) in [5, 5.41) is 2.31. The van der Waals surface area contributed by atoms with E-state index in [0.29, 0.717) is 5.70 Å². The SMILES string of the molecule is C#C/C(=C\C=C(\Cl)CC(F)(F)F)NC. The van der Waals surface area contributed by atoms with Gasteiger partial charge < -0.3 is 5.32 Å². The Kier molecular flexibility index (Phi) is 5.18. The van der Waals surface area contributed by atoms with E-state index in [0.717, 1.165) is 6.08 Å². The fourth-order valence-electron chi connectivity index (χ4n) is 0.628. The molecule has 1 nitrogen and oxygen atoms in total. The van der Waals surface area contributed by atoms with Crippen molar-refractivity contribution in [1.82, 2.24) is 5.32 Å². The summed E-state index contributed by atoms with van der Waals surface area (Å²) in [6, 6.07) is 0. The molecule has 1 N–H and O–H groups in total. The largest absolute Gasteiger partial charge is 0.393 e. The predicted molar refractivity (Wildman–Crippen MR) is 50.6 cm³/mol. The molecule has 0 aromatic heterocycles. The number of rotatable bonds is 3. The Hall–Kier alpha value is -1.08. The third-order valence-electron chi connectivity index (χ3n) is 1.23. The van der Waals surface area contributed by atoms with Crippen molar-refractivity contribution < 1.29 is 13.2 Å². The molecular weight excluding hydrogens is 215 g/mol. The Bertz CT molecular complexity index is 283. The maximum atomic E-state index is 11.8. The Morgan fingerprint density at radius 1 is 1.50 bits per heavy atom. The van der Waals surface area contributed by atoms with Crippen LogP contribution in [0, 0.1) is 12.3 Å². The smallest absolute Gasteiger partial charge is 0.381 e. The van der Waals surface area contributed by atoms with Gasteiger partial charge in [-0.3, -0.25) is 0 Å². The first kappa shape index (κ1) is 12.9. The molecular formula is C9H9ClF3N. The molecule has 0 saturated carbocycles. The zero-order chi connectivity index (χ0) is 11.2. The normalized spacial score (nSPS) is 13.7. The molecule has 0 aliphatic carbocycles. The van der Waals surface area contributed by atoms with Gasteiger partial charge in [-0.2, -0.15) is 13.2 Å². The number of alkyl halides is 3. The van der Waals surface area contributed by atoms with E-state index in [-0.39, 0.29) is 5.03 Å². The minimum absolute atomic E-state index is 0.305. The lowest BCUT2D eigenvalue weighted by Crippen LogP contribution is -2.06. The number of halogens is 4. The minimum atomic E-state index is -4.29. The van der Waals surface area contributed by atoms with Crippen molar-refractivity contribution in [2.24, 2.45) is 0 Å². The Morgan fingerprint density at radius 3 is 2.43 bits per heavy atom. The Balaban J connectivity index is 4.41. The van der Waals surface area contributed by atoms with Crippen LogP contribution in [0.2, 0.25) is 0 Å². The van der Waals surface area contributed by atoms with Crippen LogP contribution in [-0.2, 0) is 0 Å². The first-order valence-corrected chi connectivity index (χ1v) is 4.04. The van der Waals surface area contributed by atoms with Crippen LogP contribution in [0.1, 0.15) is 6.42 Å². The van der Waals surface area contributed by atoms with Gasteiger partial charge in [-0.05, 0) is 12.2 Å². The van der Waals surface area contributed by atoms with Gasteiger partial charge in [-0.1, -0.05) is 17.5 Å². The van der Waals surface area contributed by atoms with Crippen molar-refractivity contribution in [2.75, 3.05) is 7.05 Å². The van der Waals surface area contributed by atoms with Crippen LogP contribution in [0.5, 0.6) is 0 Å². The molecule has 78 valence electrons. The number of terminal acetylenes is 1. The maximum absolute atomic E-state index is 11.8. The van der Waals surface area contributed by atoms with E-state index in [2.05, 4.69) is 11.2 Å². The van der Waals surface area contributed by atoms with Crippen molar-refractivity contribution in [1.29, 1.82) is 0 Å². The molecule has 0 saturated heterocycles. The molecule has 0 aromatic carbocycles. The van der Waals surface area contributed by atoms with Crippen molar-refractivity contribution in [3.63, 3.8) is 0 Å². The fourth-order valence-corrected chi connectivity index (χ4v) is 0.842. The van der Waals surface area contributed by atoms with E-state index in [1.54, 1.807) is 7.05 Å². The third kappa shape index (κ3) is 6.44. The zero-order valence-corrected chi connectivity index (χ0v) is 8.21. The molecule has 0 atom stereocenters. The molecule has 14 heavy (non-hydrogen) atoms. The molecule has 0 heterocycles. The lowest BCUT2D eigenvalue weighted by molar-refractivity contribution is -0.125. The zero-order valence-electron chi connectivity index (χ0n) is 7.45. The molecule has 5 heteroatoms. The summed E-state index contributed by atoms with van der Waals surface area (Å²) in [6.45, 7) is 0. The second-order valence-corrected chi connectivity index (χ2v) is 2.87. The summed E-state index contributed by atoms with van der Waals surface area (Å²) in [4.78, 5) is 0. The maximum Gasteiger partial charge on any atom is 0.393 e. The van der Waals surface area contributed by atoms with Gasteiger partial charge in [0, 0.05) is 12.1 Å². The van der Waals surface area contributed by atoms with Crippen LogP contribution in [0.25, 0.3) is 0 Å². The molecule has 0 rings (SSSR count). The minimum Gasteiger partial charge on any atom is -0.381 e. The van der Waals surface area contributed by atoms with E-state index in [4.69, 9.17) is 18.0 Å². The fraction of sp³-hybridized carbons (Fsp3) is 0.333. The number of nitrogens with one attached hydrogen (secondary N) is 1. The summed E-state index contributed by atoms with van der Waals surface area (Å²) in [5.74, 6) is 2.24. The molecule has 0 amide bonds. The number of hydrogen-bond donors (Lipinski definition) is 1. The molecule has 0 radical (unpaired) electrons. The third-order valence-corrected chi connectivity index (χ3v) is 1.48. The first-order chi connectivity index (χ1) is 6.39.